The molecule has 0 atom stereocenters. The summed E-state index contributed by atoms with van der Waals surface area (Å²) in [6.45, 7) is 8.05. The van der Waals surface area contributed by atoms with Gasteiger partial charge in [-0.15, -0.1) is 11.3 Å². The van der Waals surface area contributed by atoms with Crippen molar-refractivity contribution in [3.05, 3.63) is 76.1 Å². The second kappa shape index (κ2) is 12.1. The van der Waals surface area contributed by atoms with Crippen LogP contribution in [-0.4, -0.2) is 35.4 Å². The van der Waals surface area contributed by atoms with Crippen molar-refractivity contribution < 1.29 is 14.3 Å². The second-order valence-electron chi connectivity index (χ2n) is 8.34. The average molecular weight is 524 g/mol. The van der Waals surface area contributed by atoms with Crippen molar-refractivity contribution in [1.82, 2.24) is 15.1 Å². The number of carbonyl (C=O) groups is 1. The Balaban J connectivity index is 1.45. The monoisotopic (exact) mass is 523 g/mol. The Morgan fingerprint density at radius 1 is 1.08 bits per heavy atom. The van der Waals surface area contributed by atoms with Crippen molar-refractivity contribution in [3.8, 4) is 33.3 Å². The number of hydrogen-bond acceptors (Lipinski definition) is 5. The van der Waals surface area contributed by atoms with Crippen LogP contribution in [0, 0.1) is 6.92 Å². The zero-order valence-corrected chi connectivity index (χ0v) is 22.3. The highest BCUT2D eigenvalue weighted by Gasteiger charge is 2.14. The lowest BCUT2D eigenvalue weighted by Gasteiger charge is -2.11. The quantitative estimate of drug-likeness (QED) is 0.233. The van der Waals surface area contributed by atoms with E-state index >= 15 is 0 Å². The van der Waals surface area contributed by atoms with Crippen molar-refractivity contribution in [2.24, 2.45) is 0 Å². The van der Waals surface area contributed by atoms with Gasteiger partial charge in [0, 0.05) is 28.6 Å². The Kier molecular flexibility index (Phi) is 8.67. The summed E-state index contributed by atoms with van der Waals surface area (Å²) in [5.74, 6) is 1.19. The molecule has 0 aliphatic rings. The first-order valence-corrected chi connectivity index (χ1v) is 13.3. The Morgan fingerprint density at radius 2 is 1.94 bits per heavy atom. The zero-order chi connectivity index (χ0) is 25.5. The minimum Gasteiger partial charge on any atom is -0.490 e. The van der Waals surface area contributed by atoms with Crippen LogP contribution in [0.25, 0.3) is 21.7 Å². The number of rotatable bonds is 11. The molecule has 0 radical (unpaired) electrons. The topological polar surface area (TPSA) is 65.4 Å². The fraction of sp³-hybridized carbons (Fsp3) is 0.286. The van der Waals surface area contributed by atoms with Crippen LogP contribution in [0.3, 0.4) is 0 Å². The Morgan fingerprint density at radius 3 is 2.67 bits per heavy atom. The summed E-state index contributed by atoms with van der Waals surface area (Å²) in [5.41, 5.74) is 4.50. The van der Waals surface area contributed by atoms with E-state index in [2.05, 4.69) is 23.7 Å². The largest absolute Gasteiger partial charge is 0.490 e. The van der Waals surface area contributed by atoms with Gasteiger partial charge in [-0.3, -0.25) is 4.79 Å². The highest BCUT2D eigenvalue weighted by Crippen LogP contribution is 2.33. The number of amides is 1. The molecule has 0 spiro atoms. The Hall–Kier alpha value is -3.29. The van der Waals surface area contributed by atoms with E-state index in [0.717, 1.165) is 23.2 Å². The molecular weight excluding hydrogens is 494 g/mol. The van der Waals surface area contributed by atoms with Crippen molar-refractivity contribution in [1.29, 1.82) is 0 Å². The Bertz CT molecular complexity index is 1330. The van der Waals surface area contributed by atoms with Gasteiger partial charge in [0.25, 0.3) is 5.91 Å². The van der Waals surface area contributed by atoms with Gasteiger partial charge in [-0.2, -0.15) is 5.10 Å². The van der Waals surface area contributed by atoms with E-state index in [9.17, 15) is 4.79 Å². The lowest BCUT2D eigenvalue weighted by atomic mass is 10.1. The summed E-state index contributed by atoms with van der Waals surface area (Å²) in [6.07, 6.45) is 0.888. The fourth-order valence-corrected chi connectivity index (χ4v) is 4.85. The molecule has 0 saturated heterocycles. The van der Waals surface area contributed by atoms with E-state index in [1.54, 1.807) is 22.1 Å². The summed E-state index contributed by atoms with van der Waals surface area (Å²) >= 11 is 8.20. The van der Waals surface area contributed by atoms with Crippen molar-refractivity contribution in [3.63, 3.8) is 0 Å². The van der Waals surface area contributed by atoms with Crippen LogP contribution >= 0.6 is 22.9 Å². The molecule has 0 bridgehead atoms. The summed E-state index contributed by atoms with van der Waals surface area (Å²) < 4.78 is 13.6. The number of benzene rings is 2. The van der Waals surface area contributed by atoms with Crippen molar-refractivity contribution in [2.75, 3.05) is 19.8 Å². The van der Waals surface area contributed by atoms with Gasteiger partial charge in [0.05, 0.1) is 23.9 Å². The number of nitrogens with zero attached hydrogens (tertiary/aromatic N) is 2. The van der Waals surface area contributed by atoms with Crippen molar-refractivity contribution in [2.45, 2.75) is 33.7 Å². The minimum absolute atomic E-state index is 0.0892. The van der Waals surface area contributed by atoms with Crippen LogP contribution in [0.15, 0.2) is 60.0 Å². The molecule has 0 aliphatic heterocycles. The zero-order valence-electron chi connectivity index (χ0n) is 20.7. The van der Waals surface area contributed by atoms with Gasteiger partial charge < -0.3 is 14.8 Å². The van der Waals surface area contributed by atoms with Crippen LogP contribution in [0.1, 0.15) is 36.2 Å². The van der Waals surface area contributed by atoms with Crippen LogP contribution in [-0.2, 0) is 6.54 Å². The lowest BCUT2D eigenvalue weighted by molar-refractivity contribution is 0.0953. The molecule has 6 nitrogen and oxygen atoms in total. The highest BCUT2D eigenvalue weighted by atomic mass is 35.5. The summed E-state index contributed by atoms with van der Waals surface area (Å²) in [5, 5.41) is 10.3. The van der Waals surface area contributed by atoms with Gasteiger partial charge in [-0.05, 0) is 73.2 Å². The van der Waals surface area contributed by atoms with E-state index in [-0.39, 0.29) is 5.91 Å². The highest BCUT2D eigenvalue weighted by molar-refractivity contribution is 7.13. The molecule has 0 aliphatic carbocycles. The second-order valence-corrected chi connectivity index (χ2v) is 9.66. The number of ether oxygens (including phenoxy) is 2. The number of halogens is 1. The number of carbonyl (C=O) groups excluding carboxylic acids is 1. The van der Waals surface area contributed by atoms with Gasteiger partial charge in [0.1, 0.15) is 12.4 Å². The maximum absolute atomic E-state index is 12.4. The maximum Gasteiger partial charge on any atom is 0.251 e. The molecular formula is C28H30ClN3O3S. The van der Waals surface area contributed by atoms with Gasteiger partial charge in [-0.25, -0.2) is 4.68 Å². The van der Waals surface area contributed by atoms with E-state index in [4.69, 9.17) is 26.2 Å². The SMILES string of the molecule is CCCNC(=O)c1cccc(-c2cc(OCC)n(CCOc3ccc(-c4cc(C)cs4)cc3Cl)n2)c1. The molecule has 1 N–H and O–H groups in total. The van der Waals surface area contributed by atoms with Gasteiger partial charge in [-0.1, -0.05) is 30.7 Å². The predicted octanol–water partition coefficient (Wildman–Crippen LogP) is 6.86. The molecule has 0 fully saturated rings. The number of aryl methyl sites for hydroxylation is 1. The predicted molar refractivity (Wildman–Crippen MR) is 146 cm³/mol. The number of thiophene rings is 1. The summed E-state index contributed by atoms with van der Waals surface area (Å²) in [4.78, 5) is 13.6. The van der Waals surface area contributed by atoms with Crippen molar-refractivity contribution >= 4 is 28.8 Å². The standard InChI is InChI=1S/C28H30ClN3O3S/c1-4-11-30-28(33)22-8-6-7-20(15-22)24-17-27(34-5-2)32(31-24)12-13-35-25-10-9-21(16-23(25)29)26-14-19(3)18-36-26/h6-10,14-18H,4-5,11-13H2,1-3H3,(H,30,33). The molecule has 0 saturated carbocycles. The first kappa shape index (κ1) is 25.8. The number of nitrogens with one attached hydrogen (secondary N) is 1. The molecule has 1 amide bonds. The smallest absolute Gasteiger partial charge is 0.251 e. The average Bonchev–Trinajstić information content (AvgIpc) is 3.50. The van der Waals surface area contributed by atoms with E-state index in [1.807, 2.05) is 56.3 Å². The van der Waals surface area contributed by atoms with Crippen LogP contribution in [0.2, 0.25) is 5.02 Å². The first-order valence-electron chi connectivity index (χ1n) is 12.1. The van der Waals surface area contributed by atoms with Gasteiger partial charge in [0.2, 0.25) is 5.88 Å². The number of aromatic nitrogens is 2. The Labute approximate surface area is 220 Å². The number of hydrogen-bond donors (Lipinski definition) is 1. The van der Waals surface area contributed by atoms with E-state index < -0.39 is 0 Å². The van der Waals surface area contributed by atoms with Crippen LogP contribution in [0.4, 0.5) is 0 Å². The molecule has 2 heterocycles. The van der Waals surface area contributed by atoms with Crippen LogP contribution in [0.5, 0.6) is 11.6 Å². The summed E-state index contributed by atoms with van der Waals surface area (Å²) in [6, 6.07) is 17.3. The molecule has 2 aromatic carbocycles. The first-order chi connectivity index (χ1) is 17.5. The molecule has 2 aromatic heterocycles. The third-order valence-electron chi connectivity index (χ3n) is 5.50. The maximum atomic E-state index is 12.4. The normalized spacial score (nSPS) is 10.9. The van der Waals surface area contributed by atoms with Gasteiger partial charge in [0.15, 0.2) is 0 Å². The van der Waals surface area contributed by atoms with Gasteiger partial charge >= 0.3 is 0 Å². The van der Waals surface area contributed by atoms with E-state index in [1.165, 1.54) is 10.4 Å². The molecule has 188 valence electrons. The molecule has 0 unspecified atom stereocenters. The molecule has 36 heavy (non-hydrogen) atoms. The third-order valence-corrected chi connectivity index (χ3v) is 6.89. The van der Waals surface area contributed by atoms with E-state index in [0.29, 0.717) is 48.5 Å². The molecule has 4 rings (SSSR count). The molecule has 4 aromatic rings. The van der Waals surface area contributed by atoms with Crippen LogP contribution < -0.4 is 14.8 Å². The lowest BCUT2D eigenvalue weighted by Crippen LogP contribution is -2.23. The summed E-state index contributed by atoms with van der Waals surface area (Å²) in [7, 11) is 0. The fourth-order valence-electron chi connectivity index (χ4n) is 3.72. The third kappa shape index (κ3) is 6.28. The minimum atomic E-state index is -0.0892. The molecule has 8 heteroatoms.